The largest absolute Gasteiger partial charge is 0.495 e. The van der Waals surface area contributed by atoms with Gasteiger partial charge in [0.2, 0.25) is 0 Å². The van der Waals surface area contributed by atoms with Crippen LogP contribution in [0, 0.1) is 11.8 Å². The highest BCUT2D eigenvalue weighted by molar-refractivity contribution is 6.04. The van der Waals surface area contributed by atoms with Crippen LogP contribution in [0.1, 0.15) is 15.9 Å². The van der Waals surface area contributed by atoms with Crippen molar-refractivity contribution in [1.29, 1.82) is 0 Å². The Morgan fingerprint density at radius 1 is 1.38 bits per heavy atom. The van der Waals surface area contributed by atoms with E-state index in [1.165, 1.54) is 25.8 Å². The first-order valence-corrected chi connectivity index (χ1v) is 6.18. The van der Waals surface area contributed by atoms with Gasteiger partial charge >= 0.3 is 0 Å². The highest BCUT2D eigenvalue weighted by Gasteiger charge is 2.10. The molecule has 0 saturated carbocycles. The number of amides is 1. The minimum Gasteiger partial charge on any atom is -0.495 e. The summed E-state index contributed by atoms with van der Waals surface area (Å²) in [6.07, 6.45) is 4.24. The number of ether oxygens (including phenoxy) is 1. The van der Waals surface area contributed by atoms with E-state index < -0.39 is 0 Å². The topological polar surface area (TPSA) is 90.1 Å². The Hall–Kier alpha value is -2.91. The van der Waals surface area contributed by atoms with E-state index in [0.29, 0.717) is 17.0 Å². The van der Waals surface area contributed by atoms with Crippen LogP contribution in [0.4, 0.5) is 5.69 Å². The summed E-state index contributed by atoms with van der Waals surface area (Å²) in [5.41, 5.74) is 6.96. The molecule has 0 unspecified atom stereocenters. The van der Waals surface area contributed by atoms with Gasteiger partial charge in [-0.2, -0.15) is 0 Å². The van der Waals surface area contributed by atoms with Gasteiger partial charge in [0.05, 0.1) is 24.9 Å². The minimum absolute atomic E-state index is 0.273. The number of carbonyl (C=O) groups is 1. The molecule has 106 valence electrons. The van der Waals surface area contributed by atoms with Crippen molar-refractivity contribution in [2.24, 2.45) is 5.73 Å². The van der Waals surface area contributed by atoms with Gasteiger partial charge in [0, 0.05) is 18.0 Å². The molecule has 1 amide bonds. The van der Waals surface area contributed by atoms with E-state index in [9.17, 15) is 4.79 Å². The fourth-order valence-electron chi connectivity index (χ4n) is 1.65. The molecule has 0 saturated heterocycles. The summed E-state index contributed by atoms with van der Waals surface area (Å²) in [5.74, 6) is 5.88. The number of hydrogen-bond acceptors (Lipinski definition) is 5. The highest BCUT2D eigenvalue weighted by atomic mass is 16.5. The van der Waals surface area contributed by atoms with Crippen LogP contribution in [0.25, 0.3) is 0 Å². The fourth-order valence-corrected chi connectivity index (χ4v) is 1.65. The molecule has 1 aromatic carbocycles. The lowest BCUT2D eigenvalue weighted by Gasteiger charge is -2.10. The first kappa shape index (κ1) is 14.5. The Labute approximate surface area is 122 Å². The van der Waals surface area contributed by atoms with Crippen molar-refractivity contribution in [3.63, 3.8) is 0 Å². The van der Waals surface area contributed by atoms with Gasteiger partial charge in [-0.15, -0.1) is 0 Å². The number of hydrogen-bond donors (Lipinski definition) is 2. The molecule has 0 fully saturated rings. The van der Waals surface area contributed by atoms with Crippen molar-refractivity contribution in [1.82, 2.24) is 9.97 Å². The van der Waals surface area contributed by atoms with Crippen LogP contribution in [0.5, 0.6) is 5.75 Å². The number of aromatic nitrogens is 2. The normalized spacial score (nSPS) is 9.43. The Balaban J connectivity index is 2.27. The Kier molecular flexibility index (Phi) is 4.85. The first-order valence-electron chi connectivity index (χ1n) is 6.18. The van der Waals surface area contributed by atoms with Crippen molar-refractivity contribution in [3.8, 4) is 17.6 Å². The van der Waals surface area contributed by atoms with E-state index in [1.807, 2.05) is 0 Å². The van der Waals surface area contributed by atoms with E-state index in [-0.39, 0.29) is 12.5 Å². The van der Waals surface area contributed by atoms with Crippen molar-refractivity contribution < 1.29 is 9.53 Å². The van der Waals surface area contributed by atoms with Crippen LogP contribution in [0.15, 0.2) is 36.9 Å². The second-order valence-corrected chi connectivity index (χ2v) is 4.00. The summed E-state index contributed by atoms with van der Waals surface area (Å²) in [5, 5.41) is 2.75. The predicted molar refractivity (Wildman–Crippen MR) is 78.9 cm³/mol. The molecule has 2 aromatic rings. The number of carbonyl (C=O) groups excluding carboxylic acids is 1. The first-order chi connectivity index (χ1) is 10.2. The summed E-state index contributed by atoms with van der Waals surface area (Å²) < 4.78 is 5.22. The van der Waals surface area contributed by atoms with Gasteiger partial charge in [-0.3, -0.25) is 4.79 Å². The summed E-state index contributed by atoms with van der Waals surface area (Å²) >= 11 is 0. The molecular formula is C15H14N4O2. The van der Waals surface area contributed by atoms with Gasteiger partial charge in [0.25, 0.3) is 5.91 Å². The number of methoxy groups -OCH3 is 1. The number of rotatable bonds is 3. The zero-order valence-corrected chi connectivity index (χ0v) is 11.5. The van der Waals surface area contributed by atoms with E-state index in [4.69, 9.17) is 10.5 Å². The van der Waals surface area contributed by atoms with Gasteiger partial charge in [-0.05, 0) is 18.2 Å². The summed E-state index contributed by atoms with van der Waals surface area (Å²) in [7, 11) is 1.53. The Morgan fingerprint density at radius 2 is 2.14 bits per heavy atom. The second-order valence-electron chi connectivity index (χ2n) is 4.00. The van der Waals surface area contributed by atoms with E-state index in [0.717, 1.165) is 5.56 Å². The molecule has 6 heteroatoms. The van der Waals surface area contributed by atoms with Gasteiger partial charge in [0.1, 0.15) is 12.1 Å². The maximum Gasteiger partial charge on any atom is 0.258 e. The van der Waals surface area contributed by atoms with Crippen molar-refractivity contribution in [3.05, 3.63) is 48.0 Å². The molecule has 6 nitrogen and oxygen atoms in total. The lowest BCUT2D eigenvalue weighted by molar-refractivity contribution is 0.102. The molecule has 0 atom stereocenters. The third-order valence-electron chi connectivity index (χ3n) is 2.61. The van der Waals surface area contributed by atoms with Crippen molar-refractivity contribution in [2.75, 3.05) is 19.0 Å². The number of nitrogens with zero attached hydrogens (tertiary/aromatic N) is 2. The average Bonchev–Trinajstić information content (AvgIpc) is 2.54. The summed E-state index contributed by atoms with van der Waals surface area (Å²) in [6, 6.07) is 5.25. The van der Waals surface area contributed by atoms with Crippen molar-refractivity contribution in [2.45, 2.75) is 0 Å². The molecule has 0 spiro atoms. The maximum atomic E-state index is 12.1. The monoisotopic (exact) mass is 282 g/mol. The maximum absolute atomic E-state index is 12.1. The van der Waals surface area contributed by atoms with E-state index in [1.54, 1.807) is 18.2 Å². The highest BCUT2D eigenvalue weighted by Crippen LogP contribution is 2.25. The van der Waals surface area contributed by atoms with Crippen LogP contribution in [0.3, 0.4) is 0 Å². The Bertz CT molecular complexity index is 690. The molecule has 21 heavy (non-hydrogen) atoms. The van der Waals surface area contributed by atoms with E-state index in [2.05, 4.69) is 27.1 Å². The molecule has 0 aliphatic rings. The minimum atomic E-state index is -0.321. The summed E-state index contributed by atoms with van der Waals surface area (Å²) in [6.45, 7) is 0.273. The third-order valence-corrected chi connectivity index (χ3v) is 2.61. The molecular weight excluding hydrogens is 268 g/mol. The van der Waals surface area contributed by atoms with Crippen LogP contribution >= 0.6 is 0 Å². The molecule has 2 rings (SSSR count). The SMILES string of the molecule is COc1ccc(C#CCN)cc1NC(=O)c1cncnc1. The zero-order chi connectivity index (χ0) is 15.1. The number of nitrogens with two attached hydrogens (primary N) is 1. The smallest absolute Gasteiger partial charge is 0.258 e. The average molecular weight is 282 g/mol. The molecule has 0 aliphatic carbocycles. The second kappa shape index (κ2) is 7.03. The van der Waals surface area contributed by atoms with Gasteiger partial charge in [-0.1, -0.05) is 11.8 Å². The molecule has 0 bridgehead atoms. The van der Waals surface area contributed by atoms with Crippen LogP contribution in [0.2, 0.25) is 0 Å². The molecule has 0 aliphatic heterocycles. The van der Waals surface area contributed by atoms with Crippen LogP contribution in [-0.2, 0) is 0 Å². The molecule has 3 N–H and O–H groups in total. The predicted octanol–water partition coefficient (Wildman–Crippen LogP) is 1.05. The van der Waals surface area contributed by atoms with Gasteiger partial charge in [0.15, 0.2) is 0 Å². The van der Waals surface area contributed by atoms with Gasteiger partial charge < -0.3 is 15.8 Å². The van der Waals surface area contributed by atoms with Crippen LogP contribution < -0.4 is 15.8 Å². The quantitative estimate of drug-likeness (QED) is 0.821. The lowest BCUT2D eigenvalue weighted by atomic mass is 10.1. The third kappa shape index (κ3) is 3.78. The lowest BCUT2D eigenvalue weighted by Crippen LogP contribution is -2.13. The molecule has 1 heterocycles. The van der Waals surface area contributed by atoms with Gasteiger partial charge in [-0.25, -0.2) is 9.97 Å². The molecule has 0 radical (unpaired) electrons. The Morgan fingerprint density at radius 3 is 2.81 bits per heavy atom. The van der Waals surface area contributed by atoms with Crippen LogP contribution in [-0.4, -0.2) is 29.5 Å². The zero-order valence-electron chi connectivity index (χ0n) is 11.5. The summed E-state index contributed by atoms with van der Waals surface area (Å²) in [4.78, 5) is 19.7. The standard InChI is InChI=1S/C15H14N4O2/c1-21-14-5-4-11(3-2-6-16)7-13(14)19-15(20)12-8-17-10-18-9-12/h4-5,7-10H,6,16H2,1H3,(H,19,20). The number of anilines is 1. The van der Waals surface area contributed by atoms with Crippen molar-refractivity contribution >= 4 is 11.6 Å². The number of benzene rings is 1. The van der Waals surface area contributed by atoms with E-state index >= 15 is 0 Å². The fraction of sp³-hybridized carbons (Fsp3) is 0.133. The number of nitrogens with one attached hydrogen (secondary N) is 1. The molecule has 1 aromatic heterocycles.